The van der Waals surface area contributed by atoms with Gasteiger partial charge >= 0.3 is 6.18 Å². The molecule has 0 aromatic heterocycles. The van der Waals surface area contributed by atoms with Gasteiger partial charge in [0.05, 0.1) is 18.3 Å². The summed E-state index contributed by atoms with van der Waals surface area (Å²) in [7, 11) is 0. The molecular formula is C17H18F3NO. The molecule has 0 aliphatic heterocycles. The molecule has 0 amide bonds. The van der Waals surface area contributed by atoms with Gasteiger partial charge in [-0.1, -0.05) is 42.5 Å². The molecule has 0 radical (unpaired) electrons. The van der Waals surface area contributed by atoms with E-state index in [0.717, 1.165) is 17.7 Å². The fourth-order valence-electron chi connectivity index (χ4n) is 2.15. The molecular weight excluding hydrogens is 291 g/mol. The van der Waals surface area contributed by atoms with Gasteiger partial charge in [-0.15, -0.1) is 0 Å². The Morgan fingerprint density at radius 2 is 1.59 bits per heavy atom. The minimum atomic E-state index is -4.31. The summed E-state index contributed by atoms with van der Waals surface area (Å²) in [6, 6.07) is 14.7. The van der Waals surface area contributed by atoms with Crippen LogP contribution in [0.25, 0.3) is 0 Å². The van der Waals surface area contributed by atoms with Crippen molar-refractivity contribution in [2.24, 2.45) is 5.73 Å². The van der Waals surface area contributed by atoms with E-state index in [1.165, 1.54) is 12.1 Å². The van der Waals surface area contributed by atoms with Gasteiger partial charge in [-0.3, -0.25) is 0 Å². The van der Waals surface area contributed by atoms with E-state index in [9.17, 15) is 13.2 Å². The molecule has 0 aliphatic rings. The van der Waals surface area contributed by atoms with Crippen molar-refractivity contribution in [2.75, 3.05) is 6.54 Å². The fourth-order valence-corrected chi connectivity index (χ4v) is 2.15. The summed E-state index contributed by atoms with van der Waals surface area (Å²) in [5, 5.41) is 0. The molecule has 2 rings (SSSR count). The average molecular weight is 309 g/mol. The van der Waals surface area contributed by atoms with Crippen molar-refractivity contribution in [1.29, 1.82) is 0 Å². The third-order valence-electron chi connectivity index (χ3n) is 3.33. The minimum Gasteiger partial charge on any atom is -0.369 e. The smallest absolute Gasteiger partial charge is 0.369 e. The maximum absolute atomic E-state index is 12.5. The lowest BCUT2D eigenvalue weighted by Gasteiger charge is -2.18. The quantitative estimate of drug-likeness (QED) is 0.863. The molecule has 2 aromatic rings. The van der Waals surface area contributed by atoms with Crippen LogP contribution in [-0.4, -0.2) is 6.54 Å². The summed E-state index contributed by atoms with van der Waals surface area (Å²) in [4.78, 5) is 0. The standard InChI is InChI=1S/C17H18F3NO/c18-17(19,20)15-8-6-13(7-9-15)12-22-16(10-11-21)14-4-2-1-3-5-14/h1-9,16H,10-12,21H2. The Labute approximate surface area is 127 Å². The average Bonchev–Trinajstić information content (AvgIpc) is 2.52. The molecule has 0 fully saturated rings. The van der Waals surface area contributed by atoms with Gasteiger partial charge in [-0.2, -0.15) is 13.2 Å². The van der Waals surface area contributed by atoms with Crippen LogP contribution in [0.2, 0.25) is 0 Å². The monoisotopic (exact) mass is 309 g/mol. The van der Waals surface area contributed by atoms with E-state index in [2.05, 4.69) is 0 Å². The van der Waals surface area contributed by atoms with Crippen LogP contribution >= 0.6 is 0 Å². The van der Waals surface area contributed by atoms with Gasteiger partial charge in [0.1, 0.15) is 0 Å². The van der Waals surface area contributed by atoms with E-state index < -0.39 is 11.7 Å². The summed E-state index contributed by atoms with van der Waals surface area (Å²) in [5.41, 5.74) is 6.66. The normalized spacial score (nSPS) is 13.1. The topological polar surface area (TPSA) is 35.2 Å². The molecule has 0 heterocycles. The molecule has 118 valence electrons. The van der Waals surface area contributed by atoms with Crippen molar-refractivity contribution < 1.29 is 17.9 Å². The Morgan fingerprint density at radius 3 is 2.14 bits per heavy atom. The molecule has 2 aromatic carbocycles. The van der Waals surface area contributed by atoms with E-state index in [4.69, 9.17) is 10.5 Å². The Kier molecular flexibility index (Phi) is 5.57. The number of rotatable bonds is 6. The zero-order chi connectivity index (χ0) is 16.0. The van der Waals surface area contributed by atoms with Crippen LogP contribution in [0.3, 0.4) is 0 Å². The highest BCUT2D eigenvalue weighted by Gasteiger charge is 2.29. The molecule has 0 spiro atoms. The lowest BCUT2D eigenvalue weighted by Crippen LogP contribution is -2.11. The molecule has 2 nitrogen and oxygen atoms in total. The van der Waals surface area contributed by atoms with Crippen molar-refractivity contribution in [1.82, 2.24) is 0 Å². The fraction of sp³-hybridized carbons (Fsp3) is 0.294. The Bertz CT molecular complexity index is 567. The predicted molar refractivity (Wildman–Crippen MR) is 79.1 cm³/mol. The summed E-state index contributed by atoms with van der Waals surface area (Å²) >= 11 is 0. The summed E-state index contributed by atoms with van der Waals surface area (Å²) in [6.45, 7) is 0.726. The summed E-state index contributed by atoms with van der Waals surface area (Å²) in [5.74, 6) is 0. The maximum Gasteiger partial charge on any atom is 0.416 e. The van der Waals surface area contributed by atoms with Crippen molar-refractivity contribution in [2.45, 2.75) is 25.3 Å². The maximum atomic E-state index is 12.5. The molecule has 2 N–H and O–H groups in total. The Hall–Kier alpha value is -1.85. The van der Waals surface area contributed by atoms with Gasteiger partial charge in [0.25, 0.3) is 0 Å². The zero-order valence-electron chi connectivity index (χ0n) is 12.0. The van der Waals surface area contributed by atoms with E-state index >= 15 is 0 Å². The third-order valence-corrected chi connectivity index (χ3v) is 3.33. The van der Waals surface area contributed by atoms with Crippen molar-refractivity contribution in [3.05, 3.63) is 71.3 Å². The first-order valence-electron chi connectivity index (χ1n) is 7.03. The van der Waals surface area contributed by atoms with Gasteiger partial charge in [0.2, 0.25) is 0 Å². The first-order chi connectivity index (χ1) is 10.5. The third kappa shape index (κ3) is 4.58. The van der Waals surface area contributed by atoms with Crippen LogP contribution in [-0.2, 0) is 17.5 Å². The van der Waals surface area contributed by atoms with Crippen LogP contribution in [0, 0.1) is 0 Å². The van der Waals surface area contributed by atoms with E-state index in [1.807, 2.05) is 30.3 Å². The largest absolute Gasteiger partial charge is 0.416 e. The second-order valence-corrected chi connectivity index (χ2v) is 4.98. The summed E-state index contributed by atoms with van der Waals surface area (Å²) < 4.78 is 43.3. The van der Waals surface area contributed by atoms with Gasteiger partial charge < -0.3 is 10.5 Å². The van der Waals surface area contributed by atoms with Crippen LogP contribution in [0.5, 0.6) is 0 Å². The number of nitrogens with two attached hydrogens (primary N) is 1. The van der Waals surface area contributed by atoms with E-state index in [1.54, 1.807) is 0 Å². The molecule has 22 heavy (non-hydrogen) atoms. The van der Waals surface area contributed by atoms with E-state index in [-0.39, 0.29) is 12.7 Å². The highest BCUT2D eigenvalue weighted by molar-refractivity contribution is 5.24. The highest BCUT2D eigenvalue weighted by Crippen LogP contribution is 2.29. The molecule has 1 unspecified atom stereocenters. The van der Waals surface area contributed by atoms with E-state index in [0.29, 0.717) is 18.5 Å². The van der Waals surface area contributed by atoms with Gasteiger partial charge in [0.15, 0.2) is 0 Å². The number of hydrogen-bond donors (Lipinski definition) is 1. The number of ether oxygens (including phenoxy) is 1. The second-order valence-electron chi connectivity index (χ2n) is 4.98. The minimum absolute atomic E-state index is 0.159. The molecule has 0 saturated heterocycles. The van der Waals surface area contributed by atoms with Crippen LogP contribution < -0.4 is 5.73 Å². The predicted octanol–water partition coefficient (Wildman–Crippen LogP) is 4.31. The molecule has 0 aliphatic carbocycles. The highest BCUT2D eigenvalue weighted by atomic mass is 19.4. The molecule has 1 atom stereocenters. The first kappa shape index (κ1) is 16.5. The lowest BCUT2D eigenvalue weighted by molar-refractivity contribution is -0.137. The molecule has 0 saturated carbocycles. The van der Waals surface area contributed by atoms with Gasteiger partial charge in [0, 0.05) is 0 Å². The Balaban J connectivity index is 2.01. The molecule has 5 heteroatoms. The zero-order valence-corrected chi connectivity index (χ0v) is 12.0. The van der Waals surface area contributed by atoms with Crippen molar-refractivity contribution >= 4 is 0 Å². The van der Waals surface area contributed by atoms with Gasteiger partial charge in [-0.25, -0.2) is 0 Å². The van der Waals surface area contributed by atoms with Gasteiger partial charge in [-0.05, 0) is 36.2 Å². The number of alkyl halides is 3. The SMILES string of the molecule is NCCC(OCc1ccc(C(F)(F)F)cc1)c1ccccc1. The van der Waals surface area contributed by atoms with Crippen LogP contribution in [0.4, 0.5) is 13.2 Å². The van der Waals surface area contributed by atoms with Crippen molar-refractivity contribution in [3.8, 4) is 0 Å². The number of halogens is 3. The lowest BCUT2D eigenvalue weighted by atomic mass is 10.1. The van der Waals surface area contributed by atoms with Crippen LogP contribution in [0.1, 0.15) is 29.2 Å². The Morgan fingerprint density at radius 1 is 0.955 bits per heavy atom. The summed E-state index contributed by atoms with van der Waals surface area (Å²) in [6.07, 6.45) is -3.82. The molecule has 0 bridgehead atoms. The van der Waals surface area contributed by atoms with Crippen LogP contribution in [0.15, 0.2) is 54.6 Å². The number of benzene rings is 2. The van der Waals surface area contributed by atoms with Crippen molar-refractivity contribution in [3.63, 3.8) is 0 Å². The first-order valence-corrected chi connectivity index (χ1v) is 7.03. The number of hydrogen-bond acceptors (Lipinski definition) is 2. The second kappa shape index (κ2) is 7.42.